The molecular weight excluding hydrogens is 216 g/mol. The fourth-order valence-electron chi connectivity index (χ4n) is 1.38. The van der Waals surface area contributed by atoms with Crippen molar-refractivity contribution in [2.24, 2.45) is 11.7 Å². The van der Waals surface area contributed by atoms with Crippen LogP contribution in [0.15, 0.2) is 6.20 Å². The Hall–Kier alpha value is -0.940. The van der Waals surface area contributed by atoms with Crippen LogP contribution >= 0.6 is 0 Å². The van der Waals surface area contributed by atoms with Gasteiger partial charge in [-0.2, -0.15) is 0 Å². The van der Waals surface area contributed by atoms with Crippen molar-refractivity contribution in [3.05, 3.63) is 11.9 Å². The van der Waals surface area contributed by atoms with Gasteiger partial charge in [0.25, 0.3) is 0 Å². The molecular formula is C12H24N4O. The number of hydrogen-bond donors (Lipinski definition) is 1. The summed E-state index contributed by atoms with van der Waals surface area (Å²) in [5.41, 5.74) is 6.73. The minimum absolute atomic E-state index is 0.00870. The summed E-state index contributed by atoms with van der Waals surface area (Å²) in [6.45, 7) is 8.66. The zero-order chi connectivity index (χ0) is 12.7. The summed E-state index contributed by atoms with van der Waals surface area (Å²) in [4.78, 5) is 0. The standard InChI is InChI=1S/C12H24N4O/c1-4-11(13)12-9-16(15-14-12)6-8-17-7-5-10(2)3/h9-11H,4-8,13H2,1-3H3. The summed E-state index contributed by atoms with van der Waals surface area (Å²) in [5.74, 6) is 0.690. The van der Waals surface area contributed by atoms with Gasteiger partial charge >= 0.3 is 0 Å². The maximum absolute atomic E-state index is 5.87. The van der Waals surface area contributed by atoms with Gasteiger partial charge in [0.05, 0.1) is 31.1 Å². The van der Waals surface area contributed by atoms with E-state index in [-0.39, 0.29) is 6.04 Å². The van der Waals surface area contributed by atoms with E-state index in [1.807, 2.05) is 13.1 Å². The molecule has 1 aromatic rings. The summed E-state index contributed by atoms with van der Waals surface area (Å²) < 4.78 is 7.32. The van der Waals surface area contributed by atoms with Crippen LogP contribution < -0.4 is 5.73 Å². The number of rotatable bonds is 8. The molecule has 0 saturated carbocycles. The molecule has 1 heterocycles. The van der Waals surface area contributed by atoms with Crippen LogP contribution in [-0.4, -0.2) is 28.2 Å². The molecule has 0 aliphatic carbocycles. The highest BCUT2D eigenvalue weighted by Crippen LogP contribution is 2.08. The number of nitrogens with two attached hydrogens (primary N) is 1. The van der Waals surface area contributed by atoms with E-state index in [0.717, 1.165) is 31.7 Å². The molecule has 1 atom stereocenters. The second-order valence-corrected chi connectivity index (χ2v) is 4.72. The van der Waals surface area contributed by atoms with Crippen LogP contribution in [-0.2, 0) is 11.3 Å². The van der Waals surface area contributed by atoms with Crippen molar-refractivity contribution in [3.8, 4) is 0 Å². The Morgan fingerprint density at radius 3 is 2.82 bits per heavy atom. The Bertz CT molecular complexity index is 311. The zero-order valence-corrected chi connectivity index (χ0v) is 11.1. The number of ether oxygens (including phenoxy) is 1. The smallest absolute Gasteiger partial charge is 0.0994 e. The molecule has 2 N–H and O–H groups in total. The number of nitrogens with zero attached hydrogens (tertiary/aromatic N) is 3. The molecule has 0 fully saturated rings. The predicted octanol–water partition coefficient (Wildman–Crippen LogP) is 1.75. The van der Waals surface area contributed by atoms with E-state index in [1.54, 1.807) is 4.68 Å². The molecule has 0 aromatic carbocycles. The second-order valence-electron chi connectivity index (χ2n) is 4.72. The van der Waals surface area contributed by atoms with Gasteiger partial charge in [0.2, 0.25) is 0 Å². The van der Waals surface area contributed by atoms with E-state index < -0.39 is 0 Å². The van der Waals surface area contributed by atoms with Gasteiger partial charge in [-0.25, -0.2) is 4.68 Å². The van der Waals surface area contributed by atoms with Crippen molar-refractivity contribution in [1.29, 1.82) is 0 Å². The van der Waals surface area contributed by atoms with Gasteiger partial charge in [-0.3, -0.25) is 0 Å². The van der Waals surface area contributed by atoms with Crippen LogP contribution in [0.1, 0.15) is 45.3 Å². The van der Waals surface area contributed by atoms with Crippen molar-refractivity contribution in [2.45, 2.75) is 46.2 Å². The highest BCUT2D eigenvalue weighted by atomic mass is 16.5. The van der Waals surface area contributed by atoms with Crippen LogP contribution in [0.4, 0.5) is 0 Å². The Kier molecular flexibility index (Phi) is 6.15. The topological polar surface area (TPSA) is 66.0 Å². The Labute approximate surface area is 103 Å². The summed E-state index contributed by atoms with van der Waals surface area (Å²) in [6, 6.07) is -0.00870. The largest absolute Gasteiger partial charge is 0.380 e. The van der Waals surface area contributed by atoms with Gasteiger partial charge in [0, 0.05) is 6.61 Å². The fourth-order valence-corrected chi connectivity index (χ4v) is 1.38. The molecule has 0 aliphatic heterocycles. The third-order valence-electron chi connectivity index (χ3n) is 2.68. The van der Waals surface area contributed by atoms with Gasteiger partial charge in [0.1, 0.15) is 0 Å². The average molecular weight is 240 g/mol. The number of hydrogen-bond acceptors (Lipinski definition) is 4. The molecule has 0 radical (unpaired) electrons. The first-order chi connectivity index (χ1) is 8.13. The Morgan fingerprint density at radius 2 is 2.18 bits per heavy atom. The molecule has 0 saturated heterocycles. The van der Waals surface area contributed by atoms with E-state index in [0.29, 0.717) is 12.5 Å². The fraction of sp³-hybridized carbons (Fsp3) is 0.833. The summed E-state index contributed by atoms with van der Waals surface area (Å²) in [7, 11) is 0. The molecule has 0 aliphatic rings. The molecule has 0 bridgehead atoms. The normalized spacial score (nSPS) is 13.2. The van der Waals surface area contributed by atoms with Gasteiger partial charge in [0.15, 0.2) is 0 Å². The molecule has 1 unspecified atom stereocenters. The van der Waals surface area contributed by atoms with Gasteiger partial charge in [-0.05, 0) is 18.8 Å². The predicted molar refractivity (Wildman–Crippen MR) is 67.5 cm³/mol. The molecule has 98 valence electrons. The monoisotopic (exact) mass is 240 g/mol. The van der Waals surface area contributed by atoms with Crippen LogP contribution in [0, 0.1) is 5.92 Å². The van der Waals surface area contributed by atoms with E-state index in [2.05, 4.69) is 24.2 Å². The first-order valence-corrected chi connectivity index (χ1v) is 6.36. The summed E-state index contributed by atoms with van der Waals surface area (Å²) >= 11 is 0. The van der Waals surface area contributed by atoms with E-state index >= 15 is 0 Å². The summed E-state index contributed by atoms with van der Waals surface area (Å²) in [5, 5.41) is 8.07. The van der Waals surface area contributed by atoms with Gasteiger partial charge in [-0.15, -0.1) is 5.10 Å². The molecule has 5 heteroatoms. The lowest BCUT2D eigenvalue weighted by Gasteiger charge is -2.06. The lowest BCUT2D eigenvalue weighted by Crippen LogP contribution is -2.09. The molecule has 1 rings (SSSR count). The lowest BCUT2D eigenvalue weighted by molar-refractivity contribution is 0.113. The lowest BCUT2D eigenvalue weighted by atomic mass is 10.1. The van der Waals surface area contributed by atoms with Crippen LogP contribution in [0.3, 0.4) is 0 Å². The average Bonchev–Trinajstić information content (AvgIpc) is 2.76. The highest BCUT2D eigenvalue weighted by Gasteiger charge is 2.07. The SMILES string of the molecule is CCC(N)c1cn(CCOCCC(C)C)nn1. The third-order valence-corrected chi connectivity index (χ3v) is 2.68. The molecule has 0 amide bonds. The minimum atomic E-state index is -0.00870. The van der Waals surface area contributed by atoms with Crippen molar-refractivity contribution in [3.63, 3.8) is 0 Å². The van der Waals surface area contributed by atoms with Gasteiger partial charge in [-0.1, -0.05) is 26.0 Å². The van der Waals surface area contributed by atoms with Crippen molar-refractivity contribution >= 4 is 0 Å². The van der Waals surface area contributed by atoms with Gasteiger partial charge < -0.3 is 10.5 Å². The maximum Gasteiger partial charge on any atom is 0.0994 e. The number of aromatic nitrogens is 3. The van der Waals surface area contributed by atoms with E-state index in [9.17, 15) is 0 Å². The van der Waals surface area contributed by atoms with Crippen molar-refractivity contribution in [1.82, 2.24) is 15.0 Å². The molecule has 5 nitrogen and oxygen atoms in total. The highest BCUT2D eigenvalue weighted by molar-refractivity contribution is 4.98. The Balaban J connectivity index is 2.21. The second kappa shape index (κ2) is 7.40. The Morgan fingerprint density at radius 1 is 1.41 bits per heavy atom. The first-order valence-electron chi connectivity index (χ1n) is 6.36. The van der Waals surface area contributed by atoms with Crippen LogP contribution in [0.25, 0.3) is 0 Å². The van der Waals surface area contributed by atoms with E-state index in [4.69, 9.17) is 10.5 Å². The molecule has 1 aromatic heterocycles. The van der Waals surface area contributed by atoms with E-state index in [1.165, 1.54) is 0 Å². The zero-order valence-electron chi connectivity index (χ0n) is 11.1. The van der Waals surface area contributed by atoms with Crippen LogP contribution in [0.5, 0.6) is 0 Å². The van der Waals surface area contributed by atoms with Crippen molar-refractivity contribution < 1.29 is 4.74 Å². The minimum Gasteiger partial charge on any atom is -0.380 e. The summed E-state index contributed by atoms with van der Waals surface area (Å²) in [6.07, 6.45) is 3.88. The first kappa shape index (κ1) is 14.1. The van der Waals surface area contributed by atoms with Crippen molar-refractivity contribution in [2.75, 3.05) is 13.2 Å². The maximum atomic E-state index is 5.87. The third kappa shape index (κ3) is 5.28. The molecule has 17 heavy (non-hydrogen) atoms. The quantitative estimate of drug-likeness (QED) is 0.703. The molecule has 0 spiro atoms. The van der Waals surface area contributed by atoms with Crippen LogP contribution in [0.2, 0.25) is 0 Å².